The van der Waals surface area contributed by atoms with Crippen LogP contribution in [0.15, 0.2) is 6.07 Å². The van der Waals surface area contributed by atoms with Crippen LogP contribution in [0.1, 0.15) is 26.2 Å². The van der Waals surface area contributed by atoms with E-state index in [2.05, 4.69) is 34.5 Å². The first kappa shape index (κ1) is 16.7. The van der Waals surface area contributed by atoms with E-state index in [-0.39, 0.29) is 0 Å². The van der Waals surface area contributed by atoms with Gasteiger partial charge in [0.25, 0.3) is 0 Å². The van der Waals surface area contributed by atoms with Crippen LogP contribution in [0.25, 0.3) is 0 Å². The Balaban J connectivity index is 1.95. The van der Waals surface area contributed by atoms with Crippen molar-refractivity contribution in [3.05, 3.63) is 16.1 Å². The molecule has 6 heteroatoms. The number of halogens is 2. The number of rotatable bonds is 6. The van der Waals surface area contributed by atoms with Gasteiger partial charge in [0.2, 0.25) is 0 Å². The van der Waals surface area contributed by atoms with E-state index < -0.39 is 0 Å². The Morgan fingerprint density at radius 1 is 1.19 bits per heavy atom. The summed E-state index contributed by atoms with van der Waals surface area (Å²) in [5, 5.41) is 7.75. The van der Waals surface area contributed by atoms with Crippen LogP contribution in [-0.4, -0.2) is 43.1 Å². The maximum Gasteiger partial charge on any atom is 0.147 e. The third kappa shape index (κ3) is 4.90. The van der Waals surface area contributed by atoms with Crippen molar-refractivity contribution >= 4 is 34.8 Å². The van der Waals surface area contributed by atoms with Gasteiger partial charge in [-0.15, -0.1) is 0 Å². The largest absolute Gasteiger partial charge is 0.369 e. The quantitative estimate of drug-likeness (QED) is 0.828. The molecule has 0 unspecified atom stereocenters. The van der Waals surface area contributed by atoms with Crippen molar-refractivity contribution in [2.45, 2.75) is 26.2 Å². The van der Waals surface area contributed by atoms with Gasteiger partial charge in [0, 0.05) is 13.1 Å². The summed E-state index contributed by atoms with van der Waals surface area (Å²) in [6, 6.07) is 1.76. The number of hydrogen-bond donors (Lipinski definition) is 2. The highest BCUT2D eigenvalue weighted by molar-refractivity contribution is 6.37. The van der Waals surface area contributed by atoms with Gasteiger partial charge < -0.3 is 15.5 Å². The number of likely N-dealkylation sites (tertiary alicyclic amines) is 1. The summed E-state index contributed by atoms with van der Waals surface area (Å²) in [6.45, 7) is 6.20. The second kappa shape index (κ2) is 8.06. The highest BCUT2D eigenvalue weighted by Gasteiger charge is 2.17. The Morgan fingerprint density at radius 3 is 2.43 bits per heavy atom. The molecule has 1 fully saturated rings. The molecule has 2 heterocycles. The maximum absolute atomic E-state index is 6.23. The lowest BCUT2D eigenvalue weighted by molar-refractivity contribution is 0.226. The molecule has 0 spiro atoms. The molecule has 0 aromatic carbocycles. The molecular formula is C15H24Cl2N4. The Labute approximate surface area is 137 Å². The van der Waals surface area contributed by atoms with Crippen molar-refractivity contribution < 1.29 is 0 Å². The zero-order chi connectivity index (χ0) is 15.2. The van der Waals surface area contributed by atoms with Gasteiger partial charge in [0.05, 0.1) is 10.0 Å². The fourth-order valence-corrected chi connectivity index (χ4v) is 2.96. The van der Waals surface area contributed by atoms with Gasteiger partial charge in [-0.2, -0.15) is 0 Å². The minimum atomic E-state index is 0.568. The number of piperidine rings is 1. The molecule has 0 atom stereocenters. The summed E-state index contributed by atoms with van der Waals surface area (Å²) < 4.78 is 0. The summed E-state index contributed by atoms with van der Waals surface area (Å²) in [5.41, 5.74) is 0. The summed E-state index contributed by atoms with van der Waals surface area (Å²) in [6.07, 6.45) is 3.46. The van der Waals surface area contributed by atoms with Gasteiger partial charge in [-0.3, -0.25) is 0 Å². The second-order valence-electron chi connectivity index (χ2n) is 5.70. The molecule has 1 aliphatic rings. The third-order valence-electron chi connectivity index (χ3n) is 3.87. The number of nitrogens with zero attached hydrogens (tertiary/aromatic N) is 2. The van der Waals surface area contributed by atoms with Crippen molar-refractivity contribution in [1.29, 1.82) is 0 Å². The van der Waals surface area contributed by atoms with Crippen molar-refractivity contribution in [2.75, 3.05) is 43.9 Å². The molecule has 0 radical (unpaired) electrons. The molecule has 0 aliphatic carbocycles. The zero-order valence-electron chi connectivity index (χ0n) is 12.8. The van der Waals surface area contributed by atoms with Gasteiger partial charge in [0.15, 0.2) is 0 Å². The van der Waals surface area contributed by atoms with E-state index in [0.29, 0.717) is 21.8 Å². The van der Waals surface area contributed by atoms with E-state index >= 15 is 0 Å². The fourth-order valence-electron chi connectivity index (χ4n) is 2.47. The topological polar surface area (TPSA) is 40.2 Å². The van der Waals surface area contributed by atoms with Gasteiger partial charge in [0.1, 0.15) is 11.6 Å². The number of pyridine rings is 1. The van der Waals surface area contributed by atoms with Crippen LogP contribution in [0, 0.1) is 5.92 Å². The number of aromatic nitrogens is 1. The summed E-state index contributed by atoms with van der Waals surface area (Å²) >= 11 is 12.4. The minimum absolute atomic E-state index is 0.568. The molecule has 4 nitrogen and oxygen atoms in total. The fraction of sp³-hybridized carbons (Fsp3) is 0.667. The Morgan fingerprint density at radius 2 is 1.81 bits per heavy atom. The molecule has 2 N–H and O–H groups in total. The number of anilines is 2. The molecule has 1 aliphatic heterocycles. The first-order valence-electron chi connectivity index (χ1n) is 7.62. The van der Waals surface area contributed by atoms with E-state index in [4.69, 9.17) is 23.2 Å². The van der Waals surface area contributed by atoms with Crippen molar-refractivity contribution in [1.82, 2.24) is 9.88 Å². The average molecular weight is 331 g/mol. The van der Waals surface area contributed by atoms with Crippen LogP contribution in [-0.2, 0) is 0 Å². The van der Waals surface area contributed by atoms with Gasteiger partial charge in [-0.1, -0.05) is 30.1 Å². The highest BCUT2D eigenvalue weighted by Crippen LogP contribution is 2.29. The van der Waals surface area contributed by atoms with Crippen LogP contribution in [0.3, 0.4) is 0 Å². The standard InChI is InChI=1S/C15H24Cl2N4/c1-3-6-18-14-12(16)9-13(17)15(20-14)19-10-11-4-7-21(2)8-5-11/h9,11H,3-8,10H2,1-2H3,(H2,18,19,20). The Kier molecular flexibility index (Phi) is 6.40. The van der Waals surface area contributed by atoms with Crippen LogP contribution in [0.5, 0.6) is 0 Å². The molecule has 0 saturated carbocycles. The minimum Gasteiger partial charge on any atom is -0.369 e. The lowest BCUT2D eigenvalue weighted by Gasteiger charge is -2.29. The Bertz CT molecular complexity index is 459. The summed E-state index contributed by atoms with van der Waals surface area (Å²) in [4.78, 5) is 6.88. The van der Waals surface area contributed by atoms with E-state index in [1.165, 1.54) is 12.8 Å². The zero-order valence-corrected chi connectivity index (χ0v) is 14.3. The van der Waals surface area contributed by atoms with Crippen LogP contribution >= 0.6 is 23.2 Å². The maximum atomic E-state index is 6.23. The normalized spacial score (nSPS) is 17.0. The van der Waals surface area contributed by atoms with Crippen LogP contribution < -0.4 is 10.6 Å². The third-order valence-corrected chi connectivity index (χ3v) is 4.44. The van der Waals surface area contributed by atoms with Gasteiger partial charge in [-0.05, 0) is 51.4 Å². The van der Waals surface area contributed by atoms with Crippen LogP contribution in [0.4, 0.5) is 11.6 Å². The number of nitrogens with one attached hydrogen (secondary N) is 2. The van der Waals surface area contributed by atoms with E-state index in [0.717, 1.165) is 38.4 Å². The number of hydrogen-bond acceptors (Lipinski definition) is 4. The van der Waals surface area contributed by atoms with Crippen LogP contribution in [0.2, 0.25) is 10.0 Å². The molecule has 1 aromatic heterocycles. The van der Waals surface area contributed by atoms with Crippen molar-refractivity contribution in [2.24, 2.45) is 5.92 Å². The summed E-state index contributed by atoms with van der Waals surface area (Å²) in [7, 11) is 2.17. The molecule has 21 heavy (non-hydrogen) atoms. The highest BCUT2D eigenvalue weighted by atomic mass is 35.5. The predicted molar refractivity (Wildman–Crippen MR) is 91.7 cm³/mol. The average Bonchev–Trinajstić information content (AvgIpc) is 2.47. The lowest BCUT2D eigenvalue weighted by atomic mass is 9.97. The van der Waals surface area contributed by atoms with E-state index in [9.17, 15) is 0 Å². The van der Waals surface area contributed by atoms with E-state index in [1.807, 2.05) is 0 Å². The van der Waals surface area contributed by atoms with Crippen molar-refractivity contribution in [3.8, 4) is 0 Å². The first-order chi connectivity index (χ1) is 10.1. The predicted octanol–water partition coefficient (Wildman–Crippen LogP) is 3.96. The monoisotopic (exact) mass is 330 g/mol. The van der Waals surface area contributed by atoms with Gasteiger partial charge in [-0.25, -0.2) is 4.98 Å². The smallest absolute Gasteiger partial charge is 0.147 e. The molecule has 2 rings (SSSR count). The first-order valence-corrected chi connectivity index (χ1v) is 8.38. The molecule has 0 amide bonds. The molecule has 118 valence electrons. The second-order valence-corrected chi connectivity index (χ2v) is 6.52. The van der Waals surface area contributed by atoms with E-state index in [1.54, 1.807) is 6.07 Å². The molecule has 1 aromatic rings. The Hall–Kier alpha value is -0.710. The molecular weight excluding hydrogens is 307 g/mol. The lowest BCUT2D eigenvalue weighted by Crippen LogP contribution is -2.33. The molecule has 0 bridgehead atoms. The SMILES string of the molecule is CCCNc1nc(NCC2CCN(C)CC2)c(Cl)cc1Cl. The van der Waals surface area contributed by atoms with Crippen molar-refractivity contribution in [3.63, 3.8) is 0 Å². The summed E-state index contributed by atoms with van der Waals surface area (Å²) in [5.74, 6) is 2.11. The van der Waals surface area contributed by atoms with Gasteiger partial charge >= 0.3 is 0 Å². The molecule has 1 saturated heterocycles.